The highest BCUT2D eigenvalue weighted by molar-refractivity contribution is 7.79. The maximum atomic E-state index is 11.3. The first kappa shape index (κ1) is 13.3. The van der Waals surface area contributed by atoms with E-state index < -0.39 is 11.1 Å². The van der Waals surface area contributed by atoms with Gasteiger partial charge in [0.25, 0.3) is 0 Å². The van der Waals surface area contributed by atoms with Crippen molar-refractivity contribution in [1.29, 1.82) is 0 Å². The van der Waals surface area contributed by atoms with Crippen LogP contribution in [-0.2, 0) is 15.3 Å². The topological polar surface area (TPSA) is 59.4 Å². The number of rotatable bonds is 4. The molecule has 0 aliphatic heterocycles. The van der Waals surface area contributed by atoms with Crippen LogP contribution in [0.1, 0.15) is 13.3 Å². The molecule has 96 valence electrons. The van der Waals surface area contributed by atoms with Crippen LogP contribution in [0.2, 0.25) is 5.15 Å². The summed E-state index contributed by atoms with van der Waals surface area (Å²) in [5.41, 5.74) is 0. The predicted octanol–water partition coefficient (Wildman–Crippen LogP) is 3.21. The van der Waals surface area contributed by atoms with Gasteiger partial charge in [-0.25, -0.2) is 4.98 Å². The van der Waals surface area contributed by atoms with Gasteiger partial charge in [-0.1, -0.05) is 22.7 Å². The van der Waals surface area contributed by atoms with Crippen LogP contribution in [0.5, 0.6) is 5.75 Å². The van der Waals surface area contributed by atoms with Crippen molar-refractivity contribution in [2.45, 2.75) is 18.2 Å². The minimum absolute atomic E-state index is 0.251. The second kappa shape index (κ2) is 5.65. The van der Waals surface area contributed by atoms with Crippen molar-refractivity contribution in [2.75, 3.05) is 6.61 Å². The Bertz CT molecular complexity index is 603. The molecule has 2 aromatic rings. The van der Waals surface area contributed by atoms with Gasteiger partial charge in [0.05, 0.1) is 12.0 Å². The molecule has 1 unspecified atom stereocenters. The molecule has 4 nitrogen and oxygen atoms in total. The zero-order valence-corrected chi connectivity index (χ0v) is 11.4. The van der Waals surface area contributed by atoms with E-state index in [0.717, 1.165) is 11.8 Å². The number of halogens is 1. The predicted molar refractivity (Wildman–Crippen MR) is 72.9 cm³/mol. The summed E-state index contributed by atoms with van der Waals surface area (Å²) in [6, 6.07) is 5.11. The van der Waals surface area contributed by atoms with E-state index in [4.69, 9.17) is 16.3 Å². The maximum absolute atomic E-state index is 11.3. The van der Waals surface area contributed by atoms with Crippen LogP contribution in [0.15, 0.2) is 29.3 Å². The first-order chi connectivity index (χ1) is 8.65. The number of ether oxygens (including phenoxy) is 1. The standard InChI is InChI=1S/C12H12ClNO3S/c1-2-7-17-11-9(18(15)16)4-3-8-5-6-14-12(13)10(8)11/h3-6H,2,7H2,1H3,(H,15,16)/p+1. The Hall–Kier alpha value is -1.17. The minimum atomic E-state index is -2.48. The Kier molecular flexibility index (Phi) is 4.16. The summed E-state index contributed by atoms with van der Waals surface area (Å²) in [6.07, 6.45) is 2.39. The average molecular weight is 287 g/mol. The van der Waals surface area contributed by atoms with E-state index >= 15 is 0 Å². The lowest BCUT2D eigenvalue weighted by Gasteiger charge is -2.09. The number of fused-ring (bicyclic) bond motifs is 1. The number of thiol groups is 1. The van der Waals surface area contributed by atoms with Crippen LogP contribution in [0.25, 0.3) is 10.8 Å². The lowest BCUT2D eigenvalue weighted by Crippen LogP contribution is -2.01. The fraction of sp³-hybridized carbons (Fsp3) is 0.250. The molecule has 0 saturated carbocycles. The summed E-state index contributed by atoms with van der Waals surface area (Å²) in [5, 5.41) is 1.70. The molecule has 0 aliphatic carbocycles. The Morgan fingerprint density at radius 3 is 2.89 bits per heavy atom. The molecule has 1 heterocycles. The minimum Gasteiger partial charge on any atom is -0.488 e. The molecular formula is C12H13ClNO3S+. The van der Waals surface area contributed by atoms with Crippen molar-refractivity contribution in [2.24, 2.45) is 0 Å². The molecule has 0 radical (unpaired) electrons. The van der Waals surface area contributed by atoms with E-state index in [1.54, 1.807) is 24.4 Å². The molecule has 2 rings (SSSR count). The number of nitrogens with zero attached hydrogens (tertiary/aromatic N) is 1. The summed E-state index contributed by atoms with van der Waals surface area (Å²) in [4.78, 5) is 4.24. The molecule has 0 bridgehead atoms. The molecule has 0 fully saturated rings. The lowest BCUT2D eigenvalue weighted by molar-refractivity contribution is 0.312. The molecular weight excluding hydrogens is 274 g/mol. The second-order valence-corrected chi connectivity index (χ2v) is 5.12. The van der Waals surface area contributed by atoms with E-state index in [9.17, 15) is 8.76 Å². The van der Waals surface area contributed by atoms with Gasteiger partial charge in [0, 0.05) is 12.3 Å². The normalized spacial score (nSPS) is 12.6. The van der Waals surface area contributed by atoms with Gasteiger partial charge in [0.2, 0.25) is 16.0 Å². The van der Waals surface area contributed by atoms with Gasteiger partial charge in [-0.15, -0.1) is 0 Å². The van der Waals surface area contributed by atoms with Crippen LogP contribution in [-0.4, -0.2) is 16.1 Å². The highest BCUT2D eigenvalue weighted by atomic mass is 35.5. The molecule has 1 aromatic heterocycles. The number of benzene rings is 1. The first-order valence-electron chi connectivity index (χ1n) is 5.51. The fourth-order valence-corrected chi connectivity index (χ4v) is 2.49. The van der Waals surface area contributed by atoms with Crippen LogP contribution >= 0.6 is 11.6 Å². The van der Waals surface area contributed by atoms with E-state index in [2.05, 4.69) is 4.98 Å². The zero-order chi connectivity index (χ0) is 13.1. The summed E-state index contributed by atoms with van der Waals surface area (Å²) >= 11 is 3.57. The molecule has 0 aliphatic rings. The van der Waals surface area contributed by atoms with Gasteiger partial charge in [-0.05, 0) is 23.9 Å². The van der Waals surface area contributed by atoms with Crippen molar-refractivity contribution in [3.63, 3.8) is 0 Å². The van der Waals surface area contributed by atoms with Crippen molar-refractivity contribution in [3.05, 3.63) is 29.5 Å². The molecule has 0 spiro atoms. The highest BCUT2D eigenvalue weighted by Crippen LogP contribution is 2.35. The Labute approximate surface area is 112 Å². The van der Waals surface area contributed by atoms with Crippen LogP contribution in [0, 0.1) is 0 Å². The fourth-order valence-electron chi connectivity index (χ4n) is 1.69. The quantitative estimate of drug-likeness (QED) is 0.533. The molecule has 18 heavy (non-hydrogen) atoms. The monoisotopic (exact) mass is 286 g/mol. The highest BCUT2D eigenvalue weighted by Gasteiger charge is 2.20. The third-order valence-corrected chi connectivity index (χ3v) is 3.52. The second-order valence-electron chi connectivity index (χ2n) is 3.74. The maximum Gasteiger partial charge on any atom is 0.239 e. The molecule has 0 amide bonds. The first-order valence-corrected chi connectivity index (χ1v) is 7.10. The van der Waals surface area contributed by atoms with Crippen LogP contribution < -0.4 is 4.74 Å². The number of pyridine rings is 1. The van der Waals surface area contributed by atoms with Gasteiger partial charge in [-0.3, -0.25) is 0 Å². The largest absolute Gasteiger partial charge is 0.488 e. The van der Waals surface area contributed by atoms with Gasteiger partial charge in [-0.2, -0.15) is 4.55 Å². The van der Waals surface area contributed by atoms with Gasteiger partial charge in [0.15, 0.2) is 5.75 Å². The van der Waals surface area contributed by atoms with Crippen molar-refractivity contribution in [1.82, 2.24) is 4.98 Å². The van der Waals surface area contributed by atoms with E-state index in [1.165, 1.54) is 0 Å². The van der Waals surface area contributed by atoms with Crippen LogP contribution in [0.3, 0.4) is 0 Å². The van der Waals surface area contributed by atoms with Gasteiger partial charge in [0.1, 0.15) is 5.15 Å². The Balaban J connectivity index is 2.71. The van der Waals surface area contributed by atoms with E-state index in [1.807, 2.05) is 6.92 Å². The third-order valence-electron chi connectivity index (χ3n) is 2.47. The van der Waals surface area contributed by atoms with Gasteiger partial charge < -0.3 is 4.74 Å². The molecule has 1 N–H and O–H groups in total. The SMILES string of the molecule is CCCOc1c([SH+](=O)O)ccc2ccnc(Cl)c12. The number of hydrogen-bond acceptors (Lipinski definition) is 3. The van der Waals surface area contributed by atoms with E-state index in [0.29, 0.717) is 17.7 Å². The van der Waals surface area contributed by atoms with Crippen molar-refractivity contribution >= 4 is 33.5 Å². The smallest absolute Gasteiger partial charge is 0.239 e. The van der Waals surface area contributed by atoms with Gasteiger partial charge >= 0.3 is 0 Å². The summed E-state index contributed by atoms with van der Waals surface area (Å²) in [6.45, 7) is 2.42. The summed E-state index contributed by atoms with van der Waals surface area (Å²) < 4.78 is 26.2. The summed E-state index contributed by atoms with van der Waals surface area (Å²) in [5.74, 6) is 0.357. The zero-order valence-electron chi connectivity index (χ0n) is 9.76. The Morgan fingerprint density at radius 1 is 1.44 bits per heavy atom. The molecule has 1 atom stereocenters. The summed E-state index contributed by atoms with van der Waals surface area (Å²) in [7, 11) is 0. The van der Waals surface area contributed by atoms with E-state index in [-0.39, 0.29) is 10.0 Å². The molecule has 1 aromatic carbocycles. The van der Waals surface area contributed by atoms with Crippen molar-refractivity contribution in [3.8, 4) is 5.75 Å². The number of aromatic nitrogens is 1. The van der Waals surface area contributed by atoms with Crippen molar-refractivity contribution < 1.29 is 13.5 Å². The Morgan fingerprint density at radius 2 is 2.22 bits per heavy atom. The molecule has 0 saturated heterocycles. The number of hydrogen-bond donors (Lipinski definition) is 1. The molecule has 6 heteroatoms. The van der Waals surface area contributed by atoms with Crippen LogP contribution in [0.4, 0.5) is 0 Å². The lowest BCUT2D eigenvalue weighted by atomic mass is 10.1. The third kappa shape index (κ3) is 2.48. The average Bonchev–Trinajstić information content (AvgIpc) is 2.35.